The van der Waals surface area contributed by atoms with Crippen molar-refractivity contribution < 1.29 is 27.4 Å². The number of aliphatic hydroxyl groups excluding tert-OH is 1. The Kier molecular flexibility index (Phi) is 7.65. The molecule has 0 amide bonds. The summed E-state index contributed by atoms with van der Waals surface area (Å²) in [6, 6.07) is 5.75. The molecule has 7 nitrogen and oxygen atoms in total. The maximum Gasteiger partial charge on any atom is 0.416 e. The summed E-state index contributed by atoms with van der Waals surface area (Å²) in [6.07, 6.45) is -5.53. The Morgan fingerprint density at radius 2 is 2.00 bits per heavy atom. The van der Waals surface area contributed by atoms with Crippen molar-refractivity contribution in [1.82, 2.24) is 9.69 Å². The molecule has 0 spiro atoms. The molecule has 6 N–H and O–H groups in total. The van der Waals surface area contributed by atoms with E-state index in [2.05, 4.69) is 15.0 Å². The topological polar surface area (TPSA) is 112 Å². The Bertz CT molecular complexity index is 1180. The van der Waals surface area contributed by atoms with Crippen LogP contribution in [0.2, 0.25) is 5.02 Å². The van der Waals surface area contributed by atoms with Crippen LogP contribution in [0.5, 0.6) is 11.5 Å². The van der Waals surface area contributed by atoms with E-state index >= 15 is 0 Å². The molecule has 3 aromatic rings. The van der Waals surface area contributed by atoms with Gasteiger partial charge in [0.05, 0.1) is 34.6 Å². The van der Waals surface area contributed by atoms with Crippen LogP contribution in [0.3, 0.4) is 0 Å². The highest BCUT2D eigenvalue weighted by molar-refractivity contribution is 7.10. The molecule has 0 aliphatic carbocycles. The van der Waals surface area contributed by atoms with Crippen molar-refractivity contribution in [2.45, 2.75) is 25.3 Å². The van der Waals surface area contributed by atoms with Crippen molar-refractivity contribution >= 4 is 33.8 Å². The fraction of sp³-hybridized carbons (Fsp3) is 0.250. The van der Waals surface area contributed by atoms with E-state index in [1.54, 1.807) is 6.92 Å². The predicted molar refractivity (Wildman–Crippen MR) is 118 cm³/mol. The lowest BCUT2D eigenvalue weighted by molar-refractivity contribution is -0.137. The van der Waals surface area contributed by atoms with Crippen molar-refractivity contribution in [3.05, 3.63) is 68.7 Å². The lowest BCUT2D eigenvalue weighted by Gasteiger charge is -2.18. The number of nitrogens with two attached hydrogens (primary N) is 1. The van der Waals surface area contributed by atoms with Crippen LogP contribution in [0.4, 0.5) is 28.3 Å². The highest BCUT2D eigenvalue weighted by Gasteiger charge is 2.31. The summed E-state index contributed by atoms with van der Waals surface area (Å²) < 4.78 is 61.3. The number of aromatic amines is 1. The number of aromatic nitrogens is 1. The Morgan fingerprint density at radius 3 is 2.64 bits per heavy atom. The van der Waals surface area contributed by atoms with Crippen molar-refractivity contribution in [1.29, 1.82) is 0 Å². The smallest absolute Gasteiger partial charge is 0.416 e. The van der Waals surface area contributed by atoms with Gasteiger partial charge in [0.25, 0.3) is 5.56 Å². The number of H-pyrrole nitrogens is 1. The van der Waals surface area contributed by atoms with Gasteiger partial charge in [-0.1, -0.05) is 11.6 Å². The third-order valence-electron chi connectivity index (χ3n) is 4.46. The Morgan fingerprint density at radius 1 is 1.27 bits per heavy atom. The second-order valence-corrected chi connectivity index (χ2v) is 8.24. The van der Waals surface area contributed by atoms with Gasteiger partial charge in [0.1, 0.15) is 22.3 Å². The lowest BCUT2D eigenvalue weighted by Crippen LogP contribution is -2.39. The van der Waals surface area contributed by atoms with Gasteiger partial charge in [0.15, 0.2) is 0 Å². The highest BCUT2D eigenvalue weighted by Crippen LogP contribution is 2.37. The van der Waals surface area contributed by atoms with E-state index in [1.165, 1.54) is 12.1 Å². The largest absolute Gasteiger partial charge is 0.456 e. The molecule has 3 rings (SSSR count). The summed E-state index contributed by atoms with van der Waals surface area (Å²) in [7, 11) is 0. The van der Waals surface area contributed by atoms with Crippen LogP contribution in [0, 0.1) is 5.82 Å². The molecule has 1 aromatic heterocycles. The molecule has 2 unspecified atom stereocenters. The van der Waals surface area contributed by atoms with Crippen LogP contribution in [0.15, 0.2) is 41.2 Å². The first-order valence-electron chi connectivity index (χ1n) is 9.44. The average Bonchev–Trinajstić information content (AvgIpc) is 3.10. The molecule has 0 saturated carbocycles. The quantitative estimate of drug-likeness (QED) is 0.223. The van der Waals surface area contributed by atoms with Crippen molar-refractivity contribution in [2.24, 2.45) is 5.73 Å². The summed E-state index contributed by atoms with van der Waals surface area (Å²) in [5, 5.41) is 14.9. The number of anilines is 2. The highest BCUT2D eigenvalue weighted by atomic mass is 35.5. The van der Waals surface area contributed by atoms with E-state index in [4.69, 9.17) is 27.2 Å². The zero-order chi connectivity index (χ0) is 24.3. The number of halogens is 5. The van der Waals surface area contributed by atoms with Crippen LogP contribution in [0.25, 0.3) is 0 Å². The standard InChI is InChI=1S/C20H19ClF4N4O3S/c1-9(8-30)27-17(26)16-18(31)29-33-19(16)28-14-5-3-11(7-13(14)22)32-15-6-10(20(23,24)25)2-4-12(15)21/h2-7,9,17,27-28,30H,8,26H2,1H3,(H,29,31). The van der Waals surface area contributed by atoms with Gasteiger partial charge in [0, 0.05) is 12.1 Å². The summed E-state index contributed by atoms with van der Waals surface area (Å²) in [6.45, 7) is 1.47. The molecule has 0 saturated heterocycles. The van der Waals surface area contributed by atoms with E-state index < -0.39 is 29.3 Å². The predicted octanol–water partition coefficient (Wildman–Crippen LogP) is 4.71. The summed E-state index contributed by atoms with van der Waals surface area (Å²) in [5.41, 5.74) is 4.64. The molecule has 0 bridgehead atoms. The SMILES string of the molecule is CC(CO)NC(N)c1c(Nc2ccc(Oc3cc(C(F)(F)F)ccc3Cl)cc2F)s[nH]c1=O. The molecule has 2 aromatic carbocycles. The minimum atomic E-state index is -4.59. The second kappa shape index (κ2) is 10.1. The Labute approximate surface area is 194 Å². The molecular weight excluding hydrogens is 488 g/mol. The molecule has 0 radical (unpaired) electrons. The van der Waals surface area contributed by atoms with E-state index in [0.717, 1.165) is 35.8 Å². The monoisotopic (exact) mass is 506 g/mol. The average molecular weight is 507 g/mol. The van der Waals surface area contributed by atoms with Crippen LogP contribution in [-0.4, -0.2) is 22.1 Å². The zero-order valence-corrected chi connectivity index (χ0v) is 18.5. The first-order valence-corrected chi connectivity index (χ1v) is 10.6. The normalized spacial score (nSPS) is 13.6. The molecule has 1 heterocycles. The van der Waals surface area contributed by atoms with Gasteiger partial charge < -0.3 is 20.9 Å². The van der Waals surface area contributed by atoms with Gasteiger partial charge in [-0.05, 0) is 48.8 Å². The maximum absolute atomic E-state index is 14.7. The molecule has 178 valence electrons. The van der Waals surface area contributed by atoms with Gasteiger partial charge in [-0.25, -0.2) is 4.39 Å². The van der Waals surface area contributed by atoms with Crippen molar-refractivity contribution in [3.8, 4) is 11.5 Å². The molecule has 0 aliphatic heterocycles. The fourth-order valence-electron chi connectivity index (χ4n) is 2.80. The van der Waals surface area contributed by atoms with Gasteiger partial charge >= 0.3 is 6.18 Å². The number of ether oxygens (including phenoxy) is 1. The van der Waals surface area contributed by atoms with Gasteiger partial charge in [-0.15, -0.1) is 0 Å². The summed E-state index contributed by atoms with van der Waals surface area (Å²) >= 11 is 6.81. The first-order chi connectivity index (χ1) is 15.5. The number of alkyl halides is 3. The lowest BCUT2D eigenvalue weighted by atomic mass is 10.2. The molecular formula is C20H19ClF4N4O3S. The summed E-state index contributed by atoms with van der Waals surface area (Å²) in [5.74, 6) is -1.17. The van der Waals surface area contributed by atoms with Crippen molar-refractivity contribution in [2.75, 3.05) is 11.9 Å². The third-order valence-corrected chi connectivity index (χ3v) is 5.58. The minimum absolute atomic E-state index is 0.0311. The number of rotatable bonds is 8. The van der Waals surface area contributed by atoms with Gasteiger partial charge in [-0.2, -0.15) is 13.2 Å². The molecule has 0 aliphatic rings. The molecule has 2 atom stereocenters. The number of benzene rings is 2. The van der Waals surface area contributed by atoms with Crippen LogP contribution >= 0.6 is 23.1 Å². The van der Waals surface area contributed by atoms with Crippen LogP contribution < -0.4 is 26.7 Å². The van der Waals surface area contributed by atoms with E-state index in [1.807, 2.05) is 0 Å². The third kappa shape index (κ3) is 6.03. The minimum Gasteiger partial charge on any atom is -0.456 e. The van der Waals surface area contributed by atoms with Crippen LogP contribution in [-0.2, 0) is 6.18 Å². The number of aliphatic hydroxyl groups is 1. The molecule has 13 heteroatoms. The Hall–Kier alpha value is -2.64. The van der Waals surface area contributed by atoms with E-state index in [0.29, 0.717) is 0 Å². The first kappa shape index (κ1) is 25.0. The maximum atomic E-state index is 14.7. The second-order valence-electron chi connectivity index (χ2n) is 7.02. The Balaban J connectivity index is 1.81. The number of nitrogens with one attached hydrogen (secondary N) is 3. The van der Waals surface area contributed by atoms with Gasteiger partial charge in [-0.3, -0.25) is 14.5 Å². The zero-order valence-electron chi connectivity index (χ0n) is 17.0. The van der Waals surface area contributed by atoms with E-state index in [-0.39, 0.29) is 45.4 Å². The summed E-state index contributed by atoms with van der Waals surface area (Å²) in [4.78, 5) is 12.1. The van der Waals surface area contributed by atoms with Gasteiger partial charge in [0.2, 0.25) is 0 Å². The fourth-order valence-corrected chi connectivity index (χ4v) is 3.75. The number of hydrogen-bond donors (Lipinski definition) is 5. The molecule has 0 fully saturated rings. The van der Waals surface area contributed by atoms with Crippen molar-refractivity contribution in [3.63, 3.8) is 0 Å². The van der Waals surface area contributed by atoms with Crippen LogP contribution in [0.1, 0.15) is 24.2 Å². The number of hydrogen-bond acceptors (Lipinski definition) is 7. The molecule has 33 heavy (non-hydrogen) atoms. The van der Waals surface area contributed by atoms with E-state index in [9.17, 15) is 22.4 Å².